The number of hydrogen-bond donors (Lipinski definition) is 3. The summed E-state index contributed by atoms with van der Waals surface area (Å²) in [6.07, 6.45) is 0. The maximum absolute atomic E-state index is 12.3. The van der Waals surface area contributed by atoms with Crippen molar-refractivity contribution in [3.8, 4) is 0 Å². The summed E-state index contributed by atoms with van der Waals surface area (Å²) in [5.74, 6) is -0.207. The van der Waals surface area contributed by atoms with E-state index in [1.807, 2.05) is 63.2 Å². The van der Waals surface area contributed by atoms with Crippen molar-refractivity contribution in [3.63, 3.8) is 0 Å². The summed E-state index contributed by atoms with van der Waals surface area (Å²) in [4.78, 5) is 28.2. The van der Waals surface area contributed by atoms with Gasteiger partial charge in [-0.3, -0.25) is 4.79 Å². The molecule has 2 atom stereocenters. The van der Waals surface area contributed by atoms with Crippen molar-refractivity contribution in [3.05, 3.63) is 70.3 Å². The van der Waals surface area contributed by atoms with Crippen LogP contribution in [-0.2, 0) is 25.9 Å². The van der Waals surface area contributed by atoms with Crippen LogP contribution in [0.25, 0.3) is 0 Å². The molecule has 0 radical (unpaired) electrons. The average Bonchev–Trinajstić information content (AvgIpc) is 2.78. The van der Waals surface area contributed by atoms with Gasteiger partial charge in [-0.05, 0) is 37.5 Å². The molecule has 31 heavy (non-hydrogen) atoms. The van der Waals surface area contributed by atoms with Crippen LogP contribution in [0.2, 0.25) is 0 Å². The van der Waals surface area contributed by atoms with Gasteiger partial charge in [0.15, 0.2) is 0 Å². The van der Waals surface area contributed by atoms with E-state index in [2.05, 4.69) is 21.4 Å². The smallest absolute Gasteiger partial charge is 0.243 e. The van der Waals surface area contributed by atoms with Crippen LogP contribution in [0.5, 0.6) is 0 Å². The number of likely N-dealkylation sites (N-methyl/N-ethyl adjacent to an activating group) is 1. The Kier molecular flexibility index (Phi) is 9.61. The van der Waals surface area contributed by atoms with E-state index in [-0.39, 0.29) is 18.6 Å². The summed E-state index contributed by atoms with van der Waals surface area (Å²) in [5, 5.41) is 6.99. The Morgan fingerprint density at radius 2 is 1.71 bits per heavy atom. The summed E-state index contributed by atoms with van der Waals surface area (Å²) in [5.41, 5.74) is 11.1. The number of carbonyl (C=O) groups is 1. The first-order chi connectivity index (χ1) is 14.9. The first-order valence-electron chi connectivity index (χ1n) is 10.1. The molecule has 3 N–H and O–H groups in total. The van der Waals surface area contributed by atoms with E-state index < -0.39 is 6.04 Å². The van der Waals surface area contributed by atoms with Crippen molar-refractivity contribution in [1.29, 1.82) is 0 Å². The molecule has 0 heterocycles. The maximum Gasteiger partial charge on any atom is 0.243 e. The van der Waals surface area contributed by atoms with Crippen LogP contribution in [0.1, 0.15) is 53.7 Å². The van der Waals surface area contributed by atoms with E-state index in [0.29, 0.717) is 0 Å². The van der Waals surface area contributed by atoms with Crippen molar-refractivity contribution in [2.75, 3.05) is 21.3 Å². The molecule has 2 aromatic rings. The molecule has 0 bridgehead atoms. The molecule has 2 aromatic carbocycles. The highest BCUT2D eigenvalue weighted by Gasteiger charge is 2.23. The molecular formula is C23H32N4O4. The second-order valence-corrected chi connectivity index (χ2v) is 7.09. The predicted octanol–water partition coefficient (Wildman–Crippen LogP) is 3.09. The van der Waals surface area contributed by atoms with Crippen molar-refractivity contribution in [2.45, 2.75) is 39.5 Å². The highest BCUT2D eigenvalue weighted by atomic mass is 16.6. The Hall–Kier alpha value is -2.78. The number of amides is 1. The number of nitrogens with one attached hydrogen (secondary N) is 3. The Morgan fingerprint density at radius 1 is 1.03 bits per heavy atom. The number of oxime groups is 1. The lowest BCUT2D eigenvalue weighted by Gasteiger charge is -2.20. The second kappa shape index (κ2) is 12.2. The topological polar surface area (TPSA) is 93.2 Å². The molecule has 0 spiro atoms. The third-order valence-electron chi connectivity index (χ3n) is 5.02. The Bertz CT molecular complexity index is 901. The lowest BCUT2D eigenvalue weighted by atomic mass is 9.96. The fourth-order valence-electron chi connectivity index (χ4n) is 3.40. The second-order valence-electron chi connectivity index (χ2n) is 7.09. The van der Waals surface area contributed by atoms with Gasteiger partial charge in [0.1, 0.15) is 12.6 Å². The van der Waals surface area contributed by atoms with Gasteiger partial charge in [-0.2, -0.15) is 11.0 Å². The van der Waals surface area contributed by atoms with E-state index in [1.165, 1.54) is 7.11 Å². The normalized spacial score (nSPS) is 13.5. The van der Waals surface area contributed by atoms with Gasteiger partial charge in [-0.15, -0.1) is 0 Å². The molecular weight excluding hydrogens is 396 g/mol. The van der Waals surface area contributed by atoms with Gasteiger partial charge in [-0.25, -0.2) is 0 Å². The molecule has 8 heteroatoms. The number of rotatable bonds is 11. The molecule has 2 rings (SSSR count). The molecule has 1 amide bonds. The van der Waals surface area contributed by atoms with E-state index in [4.69, 9.17) is 14.5 Å². The zero-order chi connectivity index (χ0) is 22.8. The molecule has 8 nitrogen and oxygen atoms in total. The fourth-order valence-corrected chi connectivity index (χ4v) is 3.40. The minimum absolute atomic E-state index is 0.0113. The summed E-state index contributed by atoms with van der Waals surface area (Å²) in [7, 11) is 4.66. The van der Waals surface area contributed by atoms with Crippen LogP contribution in [-0.4, -0.2) is 32.9 Å². The van der Waals surface area contributed by atoms with Crippen LogP contribution in [0, 0.1) is 6.92 Å². The summed E-state index contributed by atoms with van der Waals surface area (Å²) >= 11 is 0. The number of nitrogens with zero attached hydrogens (tertiary/aromatic N) is 1. The molecule has 0 aliphatic rings. The average molecular weight is 429 g/mol. The molecule has 2 unspecified atom stereocenters. The van der Waals surface area contributed by atoms with Gasteiger partial charge in [0, 0.05) is 18.2 Å². The molecule has 168 valence electrons. The first kappa shape index (κ1) is 24.5. The van der Waals surface area contributed by atoms with Crippen LogP contribution in [0.3, 0.4) is 0 Å². The zero-order valence-electron chi connectivity index (χ0n) is 19.0. The fraction of sp³-hybridized carbons (Fsp3) is 0.391. The van der Waals surface area contributed by atoms with Gasteiger partial charge >= 0.3 is 0 Å². The molecule has 0 aromatic heterocycles. The van der Waals surface area contributed by atoms with E-state index in [0.717, 1.165) is 33.5 Å². The quantitative estimate of drug-likeness (QED) is 0.376. The van der Waals surface area contributed by atoms with Crippen LogP contribution in [0.15, 0.2) is 47.6 Å². The van der Waals surface area contributed by atoms with Gasteiger partial charge in [-0.1, -0.05) is 47.6 Å². The number of benzene rings is 2. The number of hydroxylamine groups is 2. The lowest BCUT2D eigenvalue weighted by Crippen LogP contribution is -2.36. The SMILES string of the molecule is CNC(=O)C(NOC)c1cccc(C)c1CO/N=C(\C)c1ccccc1C(C)NOC. The van der Waals surface area contributed by atoms with Crippen molar-refractivity contribution in [1.82, 2.24) is 16.3 Å². The van der Waals surface area contributed by atoms with Crippen LogP contribution >= 0.6 is 0 Å². The Balaban J connectivity index is 2.26. The highest BCUT2D eigenvalue weighted by molar-refractivity contribution is 5.99. The monoisotopic (exact) mass is 428 g/mol. The van der Waals surface area contributed by atoms with E-state index in [9.17, 15) is 4.79 Å². The largest absolute Gasteiger partial charge is 0.391 e. The summed E-state index contributed by atoms with van der Waals surface area (Å²) in [6.45, 7) is 6.10. The first-order valence-corrected chi connectivity index (χ1v) is 10.1. The summed E-state index contributed by atoms with van der Waals surface area (Å²) in [6, 6.07) is 13.0. The number of hydrogen-bond acceptors (Lipinski definition) is 7. The zero-order valence-corrected chi connectivity index (χ0v) is 19.0. The summed E-state index contributed by atoms with van der Waals surface area (Å²) < 4.78 is 0. The van der Waals surface area contributed by atoms with Crippen LogP contribution < -0.4 is 16.3 Å². The highest BCUT2D eigenvalue weighted by Crippen LogP contribution is 2.24. The maximum atomic E-state index is 12.3. The standard InChI is InChI=1S/C23H32N4O4/c1-15-10-9-13-20(22(27-30-6)23(28)24-4)21(15)14-31-26-17(3)19-12-8-7-11-18(19)16(2)25-29-5/h7-13,16,22,25,27H,14H2,1-6H3,(H,24,28)/b26-17+. The van der Waals surface area contributed by atoms with Gasteiger partial charge < -0.3 is 19.8 Å². The molecule has 0 fully saturated rings. The third kappa shape index (κ3) is 6.35. The predicted molar refractivity (Wildman–Crippen MR) is 120 cm³/mol. The van der Waals surface area contributed by atoms with Gasteiger partial charge in [0.05, 0.1) is 26.0 Å². The number of carbonyl (C=O) groups excluding carboxylic acids is 1. The molecule has 0 aliphatic heterocycles. The minimum atomic E-state index is -0.666. The van der Waals surface area contributed by atoms with Gasteiger partial charge in [0.2, 0.25) is 5.91 Å². The van der Waals surface area contributed by atoms with Crippen molar-refractivity contribution >= 4 is 11.6 Å². The van der Waals surface area contributed by atoms with Crippen molar-refractivity contribution in [2.24, 2.45) is 5.16 Å². The van der Waals surface area contributed by atoms with Crippen molar-refractivity contribution < 1.29 is 19.3 Å². The van der Waals surface area contributed by atoms with Gasteiger partial charge in [0.25, 0.3) is 0 Å². The lowest BCUT2D eigenvalue weighted by molar-refractivity contribution is -0.126. The number of aryl methyl sites for hydroxylation is 1. The minimum Gasteiger partial charge on any atom is -0.391 e. The molecule has 0 aliphatic carbocycles. The Labute approximate surface area is 183 Å². The Morgan fingerprint density at radius 3 is 2.39 bits per heavy atom. The molecule has 0 saturated heterocycles. The van der Waals surface area contributed by atoms with E-state index >= 15 is 0 Å². The van der Waals surface area contributed by atoms with Crippen LogP contribution in [0.4, 0.5) is 0 Å². The third-order valence-corrected chi connectivity index (χ3v) is 5.02. The molecule has 0 saturated carbocycles. The van der Waals surface area contributed by atoms with E-state index in [1.54, 1.807) is 14.2 Å².